The van der Waals surface area contributed by atoms with Crippen molar-refractivity contribution >= 4 is 6.29 Å². The van der Waals surface area contributed by atoms with Gasteiger partial charge in [-0.3, -0.25) is 4.79 Å². The highest BCUT2D eigenvalue weighted by Crippen LogP contribution is 2.20. The van der Waals surface area contributed by atoms with Crippen LogP contribution in [-0.2, 0) is 13.0 Å². The van der Waals surface area contributed by atoms with Crippen molar-refractivity contribution in [2.24, 2.45) is 0 Å². The first-order valence-electron chi connectivity index (χ1n) is 6.37. The van der Waals surface area contributed by atoms with Crippen molar-refractivity contribution in [3.8, 4) is 17.5 Å². The summed E-state index contributed by atoms with van der Waals surface area (Å²) in [5.74, 6) is 0.597. The van der Waals surface area contributed by atoms with Crippen molar-refractivity contribution in [3.63, 3.8) is 0 Å². The van der Waals surface area contributed by atoms with Crippen molar-refractivity contribution < 1.29 is 4.79 Å². The van der Waals surface area contributed by atoms with E-state index in [9.17, 15) is 4.79 Å². The smallest absolute Gasteiger partial charge is 0.159 e. The first-order valence-corrected chi connectivity index (χ1v) is 6.37. The van der Waals surface area contributed by atoms with Crippen LogP contribution in [0.2, 0.25) is 0 Å². The predicted octanol–water partition coefficient (Wildman–Crippen LogP) is 1.47. The Bertz CT molecular complexity index is 718. The molecule has 0 amide bonds. The van der Waals surface area contributed by atoms with Gasteiger partial charge in [0.15, 0.2) is 12.1 Å². The van der Waals surface area contributed by atoms with Gasteiger partial charge in [0, 0.05) is 42.4 Å². The van der Waals surface area contributed by atoms with Crippen LogP contribution in [0.3, 0.4) is 0 Å². The number of benzene rings is 1. The van der Waals surface area contributed by atoms with Crippen LogP contribution < -0.4 is 5.32 Å². The fourth-order valence-electron chi connectivity index (χ4n) is 2.27. The molecule has 2 aromatic rings. The highest BCUT2D eigenvalue weighted by molar-refractivity contribution is 5.80. The molecule has 1 aliphatic rings. The van der Waals surface area contributed by atoms with Crippen molar-refractivity contribution in [2.75, 3.05) is 6.54 Å². The van der Waals surface area contributed by atoms with Gasteiger partial charge in [-0.1, -0.05) is 6.07 Å². The first-order chi connectivity index (χ1) is 9.81. The van der Waals surface area contributed by atoms with Gasteiger partial charge in [-0.2, -0.15) is 5.26 Å². The molecule has 5 nitrogen and oxygen atoms in total. The second-order valence-corrected chi connectivity index (χ2v) is 4.62. The van der Waals surface area contributed by atoms with Crippen LogP contribution in [0.5, 0.6) is 0 Å². The average molecular weight is 264 g/mol. The Balaban J connectivity index is 2.05. The van der Waals surface area contributed by atoms with Crippen molar-refractivity contribution in [2.45, 2.75) is 13.0 Å². The van der Waals surface area contributed by atoms with E-state index in [1.807, 2.05) is 12.3 Å². The van der Waals surface area contributed by atoms with Crippen LogP contribution in [0, 0.1) is 11.3 Å². The maximum Gasteiger partial charge on any atom is 0.159 e. The molecule has 98 valence electrons. The van der Waals surface area contributed by atoms with E-state index < -0.39 is 0 Å². The molecule has 3 rings (SSSR count). The second kappa shape index (κ2) is 5.19. The highest BCUT2D eigenvalue weighted by atomic mass is 16.1. The predicted molar refractivity (Wildman–Crippen MR) is 73.0 cm³/mol. The van der Waals surface area contributed by atoms with Crippen molar-refractivity contribution in [3.05, 3.63) is 46.8 Å². The molecule has 0 saturated heterocycles. The molecule has 0 saturated carbocycles. The summed E-state index contributed by atoms with van der Waals surface area (Å²) in [6.07, 6.45) is 3.38. The Morgan fingerprint density at radius 1 is 1.40 bits per heavy atom. The van der Waals surface area contributed by atoms with Gasteiger partial charge in [-0.05, 0) is 12.1 Å². The number of nitriles is 1. The lowest BCUT2D eigenvalue weighted by molar-refractivity contribution is 0.112. The molecule has 0 unspecified atom stereocenters. The van der Waals surface area contributed by atoms with Crippen LogP contribution in [0.15, 0.2) is 24.4 Å². The third-order valence-corrected chi connectivity index (χ3v) is 3.37. The van der Waals surface area contributed by atoms with Crippen LogP contribution in [-0.4, -0.2) is 22.8 Å². The number of hydrogen-bond donors (Lipinski definition) is 1. The number of carbonyl (C=O) groups is 1. The number of fused-ring (bicyclic) bond motifs is 1. The molecular formula is C15H12N4O. The number of aldehydes is 1. The molecule has 1 aromatic carbocycles. The minimum absolute atomic E-state index is 0.348. The molecular weight excluding hydrogens is 252 g/mol. The fourth-order valence-corrected chi connectivity index (χ4v) is 2.27. The van der Waals surface area contributed by atoms with E-state index in [4.69, 9.17) is 5.26 Å². The zero-order valence-electron chi connectivity index (χ0n) is 10.8. The fraction of sp³-hybridized carbons (Fsp3) is 0.200. The van der Waals surface area contributed by atoms with Gasteiger partial charge in [-0.25, -0.2) is 9.97 Å². The van der Waals surface area contributed by atoms with E-state index in [1.165, 1.54) is 0 Å². The summed E-state index contributed by atoms with van der Waals surface area (Å²) in [6.45, 7) is 1.71. The average Bonchev–Trinajstić information content (AvgIpc) is 2.53. The Labute approximate surface area is 116 Å². The summed E-state index contributed by atoms with van der Waals surface area (Å²) in [5.41, 5.74) is 3.66. The number of rotatable bonds is 2. The van der Waals surface area contributed by atoms with Crippen LogP contribution >= 0.6 is 0 Å². The lowest BCUT2D eigenvalue weighted by atomic mass is 10.0. The van der Waals surface area contributed by atoms with E-state index >= 15 is 0 Å². The van der Waals surface area contributed by atoms with E-state index in [0.29, 0.717) is 23.2 Å². The Kier molecular flexibility index (Phi) is 3.23. The van der Waals surface area contributed by atoms with Crippen LogP contribution in [0.1, 0.15) is 27.2 Å². The molecule has 1 aromatic heterocycles. The largest absolute Gasteiger partial charge is 0.312 e. The maximum absolute atomic E-state index is 10.8. The molecule has 0 fully saturated rings. The number of carbonyl (C=O) groups excluding carboxylic acids is 1. The molecule has 0 radical (unpaired) electrons. The van der Waals surface area contributed by atoms with Gasteiger partial charge in [0.25, 0.3) is 0 Å². The molecule has 2 heterocycles. The van der Waals surface area contributed by atoms with E-state index in [0.717, 1.165) is 36.3 Å². The van der Waals surface area contributed by atoms with Gasteiger partial charge >= 0.3 is 0 Å². The lowest BCUT2D eigenvalue weighted by Crippen LogP contribution is -2.24. The first kappa shape index (κ1) is 12.5. The van der Waals surface area contributed by atoms with Gasteiger partial charge in [-0.15, -0.1) is 0 Å². The standard InChI is InChI=1S/C15H12N4O/c16-6-12-5-10(1-2-11(12)9-20)15-18-8-13-7-17-4-3-14(13)19-15/h1-2,5,8-9,17H,3-4,7H2. The van der Waals surface area contributed by atoms with Gasteiger partial charge in [0.05, 0.1) is 17.3 Å². The second-order valence-electron chi connectivity index (χ2n) is 4.62. The normalized spacial score (nSPS) is 13.3. The minimum Gasteiger partial charge on any atom is -0.312 e. The monoisotopic (exact) mass is 264 g/mol. The van der Waals surface area contributed by atoms with E-state index in [2.05, 4.69) is 15.3 Å². The minimum atomic E-state index is 0.348. The van der Waals surface area contributed by atoms with Gasteiger partial charge < -0.3 is 5.32 Å². The summed E-state index contributed by atoms with van der Waals surface area (Å²) in [5, 5.41) is 12.3. The van der Waals surface area contributed by atoms with Crippen molar-refractivity contribution in [1.29, 1.82) is 5.26 Å². The molecule has 0 atom stereocenters. The van der Waals surface area contributed by atoms with Crippen LogP contribution in [0.25, 0.3) is 11.4 Å². The van der Waals surface area contributed by atoms with Gasteiger partial charge in [0.1, 0.15) is 0 Å². The quantitative estimate of drug-likeness (QED) is 0.831. The molecule has 0 bridgehead atoms. The summed E-state index contributed by atoms with van der Waals surface area (Å²) in [7, 11) is 0. The zero-order chi connectivity index (χ0) is 13.9. The topological polar surface area (TPSA) is 78.7 Å². The SMILES string of the molecule is N#Cc1cc(-c2ncc3c(n2)CCNC3)ccc1C=O. The number of hydrogen-bond acceptors (Lipinski definition) is 5. The third-order valence-electron chi connectivity index (χ3n) is 3.37. The molecule has 1 N–H and O–H groups in total. The third kappa shape index (κ3) is 2.17. The number of nitrogens with one attached hydrogen (secondary N) is 1. The van der Waals surface area contributed by atoms with E-state index in [-0.39, 0.29) is 0 Å². The molecule has 0 aliphatic carbocycles. The number of aromatic nitrogens is 2. The highest BCUT2D eigenvalue weighted by Gasteiger charge is 2.13. The molecule has 0 spiro atoms. The summed E-state index contributed by atoms with van der Waals surface area (Å²) < 4.78 is 0. The summed E-state index contributed by atoms with van der Waals surface area (Å²) >= 11 is 0. The molecule has 20 heavy (non-hydrogen) atoms. The maximum atomic E-state index is 10.8. The Morgan fingerprint density at radius 2 is 2.30 bits per heavy atom. The number of nitrogens with zero attached hydrogens (tertiary/aromatic N) is 3. The Morgan fingerprint density at radius 3 is 3.10 bits per heavy atom. The lowest BCUT2D eigenvalue weighted by Gasteiger charge is -2.16. The zero-order valence-corrected chi connectivity index (χ0v) is 10.8. The summed E-state index contributed by atoms with van der Waals surface area (Å²) in [6, 6.07) is 7.08. The van der Waals surface area contributed by atoms with Crippen LogP contribution in [0.4, 0.5) is 0 Å². The summed E-state index contributed by atoms with van der Waals surface area (Å²) in [4.78, 5) is 19.7. The Hall–Kier alpha value is -2.58. The van der Waals surface area contributed by atoms with E-state index in [1.54, 1.807) is 18.2 Å². The van der Waals surface area contributed by atoms with Crippen molar-refractivity contribution in [1.82, 2.24) is 15.3 Å². The van der Waals surface area contributed by atoms with Gasteiger partial charge in [0.2, 0.25) is 0 Å². The molecule has 5 heteroatoms. The molecule has 1 aliphatic heterocycles.